The number of amides is 2. The van der Waals surface area contributed by atoms with E-state index in [9.17, 15) is 24.6 Å². The van der Waals surface area contributed by atoms with E-state index in [1.807, 2.05) is 0 Å². The van der Waals surface area contributed by atoms with Crippen molar-refractivity contribution in [2.45, 2.75) is 44.0 Å². The van der Waals surface area contributed by atoms with Crippen LogP contribution in [-0.2, 0) is 27.2 Å². The number of carbonyl (C=O) groups is 3. The lowest BCUT2D eigenvalue weighted by atomic mass is 10.0. The largest absolute Gasteiger partial charge is 0.480 e. The zero-order valence-electron chi connectivity index (χ0n) is 16.9. The van der Waals surface area contributed by atoms with Gasteiger partial charge in [-0.2, -0.15) is 0 Å². The number of carbonyl (C=O) groups excluding carboxylic acids is 2. The number of hydrogen-bond acceptors (Lipinski definition) is 6. The number of aliphatic hydroxyl groups is 1. The van der Waals surface area contributed by atoms with Crippen molar-refractivity contribution in [1.29, 1.82) is 0 Å². The predicted octanol–water partition coefficient (Wildman–Crippen LogP) is 0.340. The average molecular weight is 427 g/mol. The topological polar surface area (TPSA) is 151 Å². The van der Waals surface area contributed by atoms with Crippen LogP contribution in [0.2, 0.25) is 0 Å². The lowest BCUT2D eigenvalue weighted by Gasteiger charge is -2.24. The number of aliphatic carboxylic acids is 1. The maximum Gasteiger partial charge on any atom is 0.326 e. The number of nitrogens with two attached hydrogens (primary N) is 1. The number of benzene rings is 2. The minimum atomic E-state index is -1.35. The van der Waals surface area contributed by atoms with Crippen LogP contribution in [0.3, 0.4) is 0 Å². The lowest BCUT2D eigenvalue weighted by molar-refractivity contribution is -0.142. The first kappa shape index (κ1) is 22.3. The summed E-state index contributed by atoms with van der Waals surface area (Å²) >= 11 is 0. The Morgan fingerprint density at radius 1 is 1.03 bits per heavy atom. The van der Waals surface area contributed by atoms with E-state index >= 15 is 0 Å². The summed E-state index contributed by atoms with van der Waals surface area (Å²) in [6.45, 7) is 1.33. The van der Waals surface area contributed by atoms with Gasteiger partial charge in [-0.3, -0.25) is 9.59 Å². The summed E-state index contributed by atoms with van der Waals surface area (Å²) in [6, 6.07) is 10.3. The molecule has 4 rings (SSSR count). The van der Waals surface area contributed by atoms with Crippen molar-refractivity contribution < 1.29 is 29.3 Å². The zero-order chi connectivity index (χ0) is 22.5. The molecule has 6 N–H and O–H groups in total. The SMILES string of the molecule is C[C@H](O)[C@@H]1NC(=O)[C@@H](N)Cc2cccc(c2)Oc2ccc(cc2)C[C@@H](C(=O)O)NC1=O. The number of rotatable bonds is 2. The van der Waals surface area contributed by atoms with E-state index in [1.54, 1.807) is 48.5 Å². The minimum absolute atomic E-state index is 0.0107. The smallest absolute Gasteiger partial charge is 0.326 e. The Hall–Kier alpha value is -3.43. The third-order valence-corrected chi connectivity index (χ3v) is 4.97. The van der Waals surface area contributed by atoms with Gasteiger partial charge >= 0.3 is 5.97 Å². The Bertz CT molecular complexity index is 960. The molecule has 4 atom stereocenters. The predicted molar refractivity (Wildman–Crippen MR) is 112 cm³/mol. The van der Waals surface area contributed by atoms with Crippen LogP contribution in [0.25, 0.3) is 0 Å². The number of carboxylic acids is 1. The van der Waals surface area contributed by atoms with Crippen molar-refractivity contribution in [2.75, 3.05) is 0 Å². The molecule has 2 heterocycles. The number of ether oxygens (including phenoxy) is 1. The van der Waals surface area contributed by atoms with E-state index in [0.29, 0.717) is 17.1 Å². The highest BCUT2D eigenvalue weighted by molar-refractivity contribution is 5.92. The minimum Gasteiger partial charge on any atom is -0.480 e. The summed E-state index contributed by atoms with van der Waals surface area (Å²) in [5, 5.41) is 24.3. The molecule has 31 heavy (non-hydrogen) atoms. The van der Waals surface area contributed by atoms with Gasteiger partial charge in [-0.15, -0.1) is 0 Å². The Morgan fingerprint density at radius 2 is 1.74 bits per heavy atom. The molecule has 0 aromatic heterocycles. The van der Waals surface area contributed by atoms with E-state index < -0.39 is 42.0 Å². The molecule has 0 saturated heterocycles. The first-order valence-electron chi connectivity index (χ1n) is 9.86. The van der Waals surface area contributed by atoms with E-state index in [2.05, 4.69) is 10.6 Å². The van der Waals surface area contributed by atoms with Gasteiger partial charge in [0.05, 0.1) is 12.1 Å². The molecule has 0 unspecified atom stereocenters. The number of nitrogens with one attached hydrogen (secondary N) is 2. The molecule has 2 aliphatic rings. The van der Waals surface area contributed by atoms with Crippen LogP contribution in [0.4, 0.5) is 0 Å². The van der Waals surface area contributed by atoms with E-state index in [1.165, 1.54) is 6.92 Å². The molecule has 9 heteroatoms. The fraction of sp³-hybridized carbons (Fsp3) is 0.318. The second-order valence-corrected chi connectivity index (χ2v) is 7.53. The van der Waals surface area contributed by atoms with E-state index in [-0.39, 0.29) is 12.8 Å². The summed E-state index contributed by atoms with van der Waals surface area (Å²) in [5.74, 6) is -1.58. The van der Waals surface area contributed by atoms with Gasteiger partial charge in [0.2, 0.25) is 11.8 Å². The van der Waals surface area contributed by atoms with Gasteiger partial charge in [0, 0.05) is 6.42 Å². The molecule has 164 valence electrons. The van der Waals surface area contributed by atoms with Crippen LogP contribution in [0.5, 0.6) is 11.5 Å². The fourth-order valence-electron chi connectivity index (χ4n) is 3.28. The van der Waals surface area contributed by atoms with Crippen LogP contribution < -0.4 is 21.1 Å². The van der Waals surface area contributed by atoms with Gasteiger partial charge in [0.15, 0.2) is 0 Å². The summed E-state index contributed by atoms with van der Waals surface area (Å²) in [7, 11) is 0. The standard InChI is InChI=1S/C22H25N3O6/c1-12(26)19-21(28)24-18(22(29)30)11-13-5-7-15(8-6-13)31-16-4-2-3-14(9-16)10-17(23)20(27)25-19/h2-9,12,17-19,26H,10-11,23H2,1H3,(H,24,28)(H,25,27)(H,29,30)/t12-,17-,18-,19-/m0/s1. The van der Waals surface area contributed by atoms with Crippen LogP contribution in [-0.4, -0.2) is 52.2 Å². The van der Waals surface area contributed by atoms with Crippen molar-refractivity contribution >= 4 is 17.8 Å². The highest BCUT2D eigenvalue weighted by Crippen LogP contribution is 2.23. The van der Waals surface area contributed by atoms with Gasteiger partial charge in [-0.05, 0) is 48.7 Å². The number of hydrogen-bond donors (Lipinski definition) is 5. The van der Waals surface area contributed by atoms with Crippen LogP contribution in [0.1, 0.15) is 18.1 Å². The molecule has 0 spiro atoms. The summed E-state index contributed by atoms with van der Waals surface area (Å²) in [4.78, 5) is 36.9. The van der Waals surface area contributed by atoms with Crippen molar-refractivity contribution in [3.8, 4) is 11.5 Å². The van der Waals surface area contributed by atoms with Crippen LogP contribution >= 0.6 is 0 Å². The Kier molecular flexibility index (Phi) is 6.88. The Balaban J connectivity index is 1.96. The van der Waals surface area contributed by atoms with Crippen molar-refractivity contribution in [3.05, 3.63) is 59.7 Å². The van der Waals surface area contributed by atoms with Gasteiger partial charge in [0.25, 0.3) is 0 Å². The second kappa shape index (κ2) is 9.59. The third kappa shape index (κ3) is 5.80. The maximum absolute atomic E-state index is 12.7. The Morgan fingerprint density at radius 3 is 2.39 bits per heavy atom. The molecule has 0 fully saturated rings. The molecule has 2 aromatic carbocycles. The zero-order valence-corrected chi connectivity index (χ0v) is 16.9. The van der Waals surface area contributed by atoms with Gasteiger partial charge in [-0.25, -0.2) is 4.79 Å². The molecule has 9 nitrogen and oxygen atoms in total. The molecule has 0 aliphatic carbocycles. The maximum atomic E-state index is 12.7. The molecule has 2 aromatic rings. The first-order chi connectivity index (χ1) is 14.7. The van der Waals surface area contributed by atoms with Crippen molar-refractivity contribution in [1.82, 2.24) is 10.6 Å². The molecule has 2 amide bonds. The van der Waals surface area contributed by atoms with Gasteiger partial charge in [0.1, 0.15) is 23.6 Å². The monoisotopic (exact) mass is 427 g/mol. The molecule has 4 bridgehead atoms. The van der Waals surface area contributed by atoms with Crippen LogP contribution in [0.15, 0.2) is 48.5 Å². The molecule has 0 radical (unpaired) electrons. The van der Waals surface area contributed by atoms with Gasteiger partial charge in [-0.1, -0.05) is 24.3 Å². The van der Waals surface area contributed by atoms with E-state index in [0.717, 1.165) is 5.56 Å². The molecule has 2 aliphatic heterocycles. The second-order valence-electron chi connectivity index (χ2n) is 7.53. The fourth-order valence-corrected chi connectivity index (χ4v) is 3.28. The quantitative estimate of drug-likeness (QED) is 0.464. The molecular formula is C22H25N3O6. The number of aliphatic hydroxyl groups excluding tert-OH is 1. The molecule has 0 saturated carbocycles. The number of carboxylic acid groups (broad SMARTS) is 1. The van der Waals surface area contributed by atoms with E-state index in [4.69, 9.17) is 10.5 Å². The van der Waals surface area contributed by atoms with Gasteiger partial charge < -0.3 is 31.3 Å². The lowest BCUT2D eigenvalue weighted by Crippen LogP contribution is -2.58. The van der Waals surface area contributed by atoms with Crippen molar-refractivity contribution in [3.63, 3.8) is 0 Å². The molecular weight excluding hydrogens is 402 g/mol. The summed E-state index contributed by atoms with van der Waals surface area (Å²) < 4.78 is 5.84. The average Bonchev–Trinajstić information content (AvgIpc) is 2.72. The van der Waals surface area contributed by atoms with Crippen molar-refractivity contribution in [2.24, 2.45) is 5.73 Å². The third-order valence-electron chi connectivity index (χ3n) is 4.97. The summed E-state index contributed by atoms with van der Waals surface area (Å²) in [5.41, 5.74) is 7.42. The first-order valence-corrected chi connectivity index (χ1v) is 9.86. The summed E-state index contributed by atoms with van der Waals surface area (Å²) in [6.07, 6.45) is -1.08. The number of fused-ring (bicyclic) bond motifs is 10. The highest BCUT2D eigenvalue weighted by Gasteiger charge is 2.31. The highest BCUT2D eigenvalue weighted by atomic mass is 16.5. The Labute approximate surface area is 179 Å². The van der Waals surface area contributed by atoms with Crippen LogP contribution in [0, 0.1) is 0 Å². The normalized spacial score (nSPS) is 23.1.